The summed E-state index contributed by atoms with van der Waals surface area (Å²) >= 11 is 0. The monoisotopic (exact) mass is 416 g/mol. The summed E-state index contributed by atoms with van der Waals surface area (Å²) < 4.78 is 16.3. The van der Waals surface area contributed by atoms with Crippen molar-refractivity contribution in [2.45, 2.75) is 6.17 Å². The highest BCUT2D eigenvalue weighted by Gasteiger charge is 2.50. The molecule has 0 N–H and O–H groups in total. The molecule has 31 heavy (non-hydrogen) atoms. The minimum Gasteiger partial charge on any atom is -0.497 e. The zero-order valence-electron chi connectivity index (χ0n) is 17.3. The van der Waals surface area contributed by atoms with E-state index in [2.05, 4.69) is 0 Å². The number of para-hydroxylation sites is 1. The number of amides is 2. The molecule has 5 rings (SSSR count). The highest BCUT2D eigenvalue weighted by Crippen LogP contribution is 2.51. The molecule has 0 fully saturated rings. The Morgan fingerprint density at radius 2 is 1.58 bits per heavy atom. The minimum absolute atomic E-state index is 0.194. The number of nitrogens with zero attached hydrogens (tertiary/aromatic N) is 2. The third-order valence-electron chi connectivity index (χ3n) is 5.72. The molecule has 3 aromatic rings. The SMILES string of the molecule is COc1cccc(N2C(=O)c3ccccc3N3C(=O)c4c(ccc(OC)c4OC)C23)c1. The molecule has 7 heteroatoms. The van der Waals surface area contributed by atoms with E-state index < -0.39 is 6.17 Å². The lowest BCUT2D eigenvalue weighted by atomic mass is 10.0. The first-order chi connectivity index (χ1) is 15.1. The maximum atomic E-state index is 13.7. The predicted octanol–water partition coefficient (Wildman–Crippen LogP) is 4.03. The van der Waals surface area contributed by atoms with Crippen LogP contribution in [0.5, 0.6) is 17.2 Å². The van der Waals surface area contributed by atoms with Gasteiger partial charge < -0.3 is 14.2 Å². The lowest BCUT2D eigenvalue weighted by Crippen LogP contribution is -2.48. The number of fused-ring (bicyclic) bond motifs is 5. The van der Waals surface area contributed by atoms with E-state index in [1.807, 2.05) is 30.3 Å². The molecule has 0 bridgehead atoms. The number of rotatable bonds is 4. The smallest absolute Gasteiger partial charge is 0.264 e. The van der Waals surface area contributed by atoms with Crippen molar-refractivity contribution in [3.8, 4) is 17.2 Å². The molecular weight excluding hydrogens is 396 g/mol. The maximum absolute atomic E-state index is 13.7. The van der Waals surface area contributed by atoms with Gasteiger partial charge in [-0.15, -0.1) is 0 Å². The van der Waals surface area contributed by atoms with Gasteiger partial charge in [0.2, 0.25) is 0 Å². The summed E-state index contributed by atoms with van der Waals surface area (Å²) in [6.45, 7) is 0. The molecule has 3 aromatic carbocycles. The van der Waals surface area contributed by atoms with Crippen molar-refractivity contribution in [1.82, 2.24) is 0 Å². The molecule has 1 atom stereocenters. The molecule has 0 radical (unpaired) electrons. The van der Waals surface area contributed by atoms with E-state index in [9.17, 15) is 9.59 Å². The van der Waals surface area contributed by atoms with Crippen molar-refractivity contribution >= 4 is 23.2 Å². The van der Waals surface area contributed by atoms with E-state index in [1.165, 1.54) is 14.2 Å². The molecule has 2 amide bonds. The van der Waals surface area contributed by atoms with Crippen molar-refractivity contribution in [2.24, 2.45) is 0 Å². The molecule has 7 nitrogen and oxygen atoms in total. The van der Waals surface area contributed by atoms with Gasteiger partial charge in [0, 0.05) is 11.6 Å². The van der Waals surface area contributed by atoms with Crippen LogP contribution in [0.3, 0.4) is 0 Å². The number of ether oxygens (including phenoxy) is 3. The zero-order valence-corrected chi connectivity index (χ0v) is 17.3. The van der Waals surface area contributed by atoms with E-state index >= 15 is 0 Å². The number of carbonyl (C=O) groups excluding carboxylic acids is 2. The normalized spacial score (nSPS) is 16.5. The summed E-state index contributed by atoms with van der Waals surface area (Å²) in [6, 6.07) is 17.9. The number of carbonyl (C=O) groups is 2. The van der Waals surface area contributed by atoms with Crippen molar-refractivity contribution in [1.29, 1.82) is 0 Å². The van der Waals surface area contributed by atoms with Gasteiger partial charge in [0.05, 0.1) is 43.8 Å². The molecule has 1 unspecified atom stereocenters. The summed E-state index contributed by atoms with van der Waals surface area (Å²) in [7, 11) is 4.60. The fraction of sp³-hybridized carbons (Fsp3) is 0.167. The van der Waals surface area contributed by atoms with Crippen LogP contribution in [0, 0.1) is 0 Å². The van der Waals surface area contributed by atoms with Crippen LogP contribution in [0.2, 0.25) is 0 Å². The molecule has 2 heterocycles. The van der Waals surface area contributed by atoms with Crippen LogP contribution >= 0.6 is 0 Å². The Labute approximate surface area is 179 Å². The van der Waals surface area contributed by atoms with E-state index in [0.717, 1.165) is 0 Å². The van der Waals surface area contributed by atoms with Crippen LogP contribution in [0.4, 0.5) is 11.4 Å². The van der Waals surface area contributed by atoms with E-state index in [-0.39, 0.29) is 11.8 Å². The topological polar surface area (TPSA) is 68.3 Å². The lowest BCUT2D eigenvalue weighted by molar-refractivity contribution is 0.0948. The van der Waals surface area contributed by atoms with E-state index in [1.54, 1.807) is 47.2 Å². The van der Waals surface area contributed by atoms with Crippen molar-refractivity contribution < 1.29 is 23.8 Å². The van der Waals surface area contributed by atoms with Gasteiger partial charge in [0.1, 0.15) is 11.9 Å². The third kappa shape index (κ3) is 2.59. The standard InChI is InChI=1S/C24H20N2O5/c1-29-15-8-6-7-14(13-15)25-22-17-11-12-19(30-2)21(31-3)20(17)24(28)26(22)18-10-5-4-9-16(18)23(25)27/h4-13,22H,1-3H3. The second-order valence-corrected chi connectivity index (χ2v) is 7.21. The van der Waals surface area contributed by atoms with Gasteiger partial charge in [-0.25, -0.2) is 0 Å². The molecular formula is C24H20N2O5. The summed E-state index contributed by atoms with van der Waals surface area (Å²) in [5.74, 6) is 0.994. The first kappa shape index (κ1) is 19.0. The quantitative estimate of drug-likeness (QED) is 0.642. The van der Waals surface area contributed by atoms with Crippen molar-refractivity contribution in [2.75, 3.05) is 31.1 Å². The van der Waals surface area contributed by atoms with Crippen LogP contribution < -0.4 is 24.0 Å². The second-order valence-electron chi connectivity index (χ2n) is 7.21. The fourth-order valence-electron chi connectivity index (χ4n) is 4.37. The Morgan fingerprint density at radius 3 is 2.32 bits per heavy atom. The Kier molecular flexibility index (Phi) is 4.32. The average Bonchev–Trinajstić information content (AvgIpc) is 3.11. The van der Waals surface area contributed by atoms with Gasteiger partial charge in [-0.3, -0.25) is 19.4 Å². The molecule has 0 saturated heterocycles. The Bertz CT molecular complexity index is 1220. The van der Waals surface area contributed by atoms with Crippen LogP contribution in [0.1, 0.15) is 32.4 Å². The van der Waals surface area contributed by atoms with Gasteiger partial charge >= 0.3 is 0 Å². The van der Waals surface area contributed by atoms with Gasteiger partial charge in [-0.1, -0.05) is 24.3 Å². The largest absolute Gasteiger partial charge is 0.497 e. The van der Waals surface area contributed by atoms with Gasteiger partial charge in [-0.2, -0.15) is 0 Å². The number of methoxy groups -OCH3 is 3. The number of hydrogen-bond donors (Lipinski definition) is 0. The van der Waals surface area contributed by atoms with Crippen LogP contribution in [0.15, 0.2) is 60.7 Å². The maximum Gasteiger partial charge on any atom is 0.264 e. The first-order valence-corrected chi connectivity index (χ1v) is 9.75. The number of anilines is 2. The first-order valence-electron chi connectivity index (χ1n) is 9.75. The molecule has 0 saturated carbocycles. The second kappa shape index (κ2) is 7.05. The van der Waals surface area contributed by atoms with E-state index in [4.69, 9.17) is 14.2 Å². The molecule has 156 valence electrons. The third-order valence-corrected chi connectivity index (χ3v) is 5.72. The molecule has 2 aliphatic rings. The molecule has 2 aliphatic heterocycles. The zero-order chi connectivity index (χ0) is 21.7. The summed E-state index contributed by atoms with van der Waals surface area (Å²) in [5.41, 5.74) is 2.72. The Hall–Kier alpha value is -4.00. The van der Waals surface area contributed by atoms with Crippen LogP contribution in [0.25, 0.3) is 0 Å². The highest BCUT2D eigenvalue weighted by atomic mass is 16.5. The number of benzene rings is 3. The van der Waals surface area contributed by atoms with Crippen molar-refractivity contribution in [3.05, 3.63) is 77.4 Å². The minimum atomic E-state index is -0.656. The predicted molar refractivity (Wildman–Crippen MR) is 115 cm³/mol. The van der Waals surface area contributed by atoms with Gasteiger partial charge in [0.15, 0.2) is 11.5 Å². The summed E-state index contributed by atoms with van der Waals surface area (Å²) in [6.07, 6.45) is -0.656. The Balaban J connectivity index is 1.80. The van der Waals surface area contributed by atoms with Crippen molar-refractivity contribution in [3.63, 3.8) is 0 Å². The molecule has 0 spiro atoms. The lowest BCUT2D eigenvalue weighted by Gasteiger charge is -2.40. The Morgan fingerprint density at radius 1 is 0.774 bits per heavy atom. The van der Waals surface area contributed by atoms with Gasteiger partial charge in [-0.05, 0) is 30.3 Å². The van der Waals surface area contributed by atoms with Crippen LogP contribution in [-0.4, -0.2) is 33.1 Å². The summed E-state index contributed by atoms with van der Waals surface area (Å²) in [4.78, 5) is 30.6. The average molecular weight is 416 g/mol. The highest BCUT2D eigenvalue weighted by molar-refractivity contribution is 6.22. The van der Waals surface area contributed by atoms with Crippen LogP contribution in [-0.2, 0) is 0 Å². The number of hydrogen-bond acceptors (Lipinski definition) is 5. The van der Waals surface area contributed by atoms with Gasteiger partial charge in [0.25, 0.3) is 11.8 Å². The summed E-state index contributed by atoms with van der Waals surface area (Å²) in [5, 5.41) is 0. The molecule has 0 aromatic heterocycles. The van der Waals surface area contributed by atoms with E-state index in [0.29, 0.717) is 45.3 Å². The fourth-order valence-corrected chi connectivity index (χ4v) is 4.37. The molecule has 0 aliphatic carbocycles.